The summed E-state index contributed by atoms with van der Waals surface area (Å²) >= 11 is 0. The summed E-state index contributed by atoms with van der Waals surface area (Å²) in [4.78, 5) is 1.99. The second-order valence-corrected chi connectivity index (χ2v) is 6.80. The number of para-hydroxylation sites is 1. The monoisotopic (exact) mass is 287 g/mol. The number of rotatable bonds is 2. The number of nitrogens with zero attached hydrogens (tertiary/aromatic N) is 2. The zero-order valence-corrected chi connectivity index (χ0v) is 13.5. The maximum Gasteiger partial charge on any atom is 0.497 e. The summed E-state index contributed by atoms with van der Waals surface area (Å²) in [6.45, 7) is 8.24. The average molecular weight is 287 g/mol. The van der Waals surface area contributed by atoms with Crippen molar-refractivity contribution in [2.45, 2.75) is 38.9 Å². The van der Waals surface area contributed by atoms with E-state index in [9.17, 15) is 0 Å². The summed E-state index contributed by atoms with van der Waals surface area (Å²) in [5.41, 5.74) is 1.28. The van der Waals surface area contributed by atoms with Gasteiger partial charge < -0.3 is 14.2 Å². The van der Waals surface area contributed by atoms with Crippen LogP contribution in [-0.4, -0.2) is 42.6 Å². The maximum absolute atomic E-state index is 6.14. The molecule has 1 aliphatic heterocycles. The van der Waals surface area contributed by atoms with Crippen LogP contribution < -0.4 is 10.4 Å². The van der Waals surface area contributed by atoms with Gasteiger partial charge in [-0.25, -0.2) is 0 Å². The predicted octanol–water partition coefficient (Wildman–Crippen LogP) is 1.93. The molecule has 0 saturated carbocycles. The van der Waals surface area contributed by atoms with Crippen molar-refractivity contribution in [1.29, 1.82) is 0 Å². The van der Waals surface area contributed by atoms with E-state index in [0.29, 0.717) is 0 Å². The minimum Gasteiger partial charge on any atom is -0.399 e. The second-order valence-electron chi connectivity index (χ2n) is 6.80. The van der Waals surface area contributed by atoms with Crippen molar-refractivity contribution in [1.82, 2.24) is 10.2 Å². The minimum atomic E-state index is -0.380. The molecule has 5 nitrogen and oxygen atoms in total. The molecule has 0 radical (unpaired) electrons. The molecule has 1 aromatic heterocycles. The lowest BCUT2D eigenvalue weighted by Crippen LogP contribution is -2.41. The molecular formula is C15H22BN3O2. The molecule has 6 heteroatoms. The van der Waals surface area contributed by atoms with Crippen molar-refractivity contribution in [3.8, 4) is 0 Å². The molecule has 1 aromatic carbocycles. The number of nitrogens with one attached hydrogen (secondary N) is 1. The Balaban J connectivity index is 2.07. The quantitative estimate of drug-likeness (QED) is 0.857. The van der Waals surface area contributed by atoms with Crippen LogP contribution in [0.15, 0.2) is 18.2 Å². The second kappa shape index (κ2) is 4.48. The van der Waals surface area contributed by atoms with Crippen molar-refractivity contribution in [2.24, 2.45) is 0 Å². The molecule has 0 atom stereocenters. The topological polar surface area (TPSA) is 50.4 Å². The Labute approximate surface area is 125 Å². The maximum atomic E-state index is 6.14. The molecule has 1 aliphatic rings. The van der Waals surface area contributed by atoms with Gasteiger partial charge in [0.1, 0.15) is 0 Å². The Morgan fingerprint density at radius 3 is 2.29 bits per heavy atom. The van der Waals surface area contributed by atoms with Gasteiger partial charge in [0.05, 0.1) is 16.7 Å². The van der Waals surface area contributed by atoms with Crippen molar-refractivity contribution in [3.05, 3.63) is 18.2 Å². The fourth-order valence-electron chi connectivity index (χ4n) is 2.56. The first kappa shape index (κ1) is 14.4. The third-order valence-electron chi connectivity index (χ3n) is 4.54. The predicted molar refractivity (Wildman–Crippen MR) is 86.1 cm³/mol. The van der Waals surface area contributed by atoms with Crippen molar-refractivity contribution >= 4 is 29.3 Å². The lowest BCUT2D eigenvalue weighted by Gasteiger charge is -2.32. The highest BCUT2D eigenvalue weighted by molar-refractivity contribution is 6.65. The largest absolute Gasteiger partial charge is 0.497 e. The number of H-pyrrole nitrogens is 1. The first-order chi connectivity index (χ1) is 9.73. The lowest BCUT2D eigenvalue weighted by atomic mass is 9.78. The molecule has 1 N–H and O–H groups in total. The summed E-state index contributed by atoms with van der Waals surface area (Å²) in [6, 6.07) is 6.11. The van der Waals surface area contributed by atoms with E-state index < -0.39 is 0 Å². The molecule has 0 bridgehead atoms. The normalized spacial score (nSPS) is 20.2. The van der Waals surface area contributed by atoms with Crippen LogP contribution in [0.4, 0.5) is 5.82 Å². The highest BCUT2D eigenvalue weighted by Gasteiger charge is 2.52. The Kier molecular flexibility index (Phi) is 3.08. The summed E-state index contributed by atoms with van der Waals surface area (Å²) in [5.74, 6) is 0.920. The highest BCUT2D eigenvalue weighted by atomic mass is 16.7. The van der Waals surface area contributed by atoms with Gasteiger partial charge in [-0.05, 0) is 33.8 Å². The van der Waals surface area contributed by atoms with Crippen LogP contribution in [0.5, 0.6) is 0 Å². The van der Waals surface area contributed by atoms with Gasteiger partial charge in [-0.1, -0.05) is 12.1 Å². The Hall–Kier alpha value is -1.53. The lowest BCUT2D eigenvalue weighted by molar-refractivity contribution is 0.00578. The van der Waals surface area contributed by atoms with E-state index in [4.69, 9.17) is 9.31 Å². The molecule has 1 saturated heterocycles. The van der Waals surface area contributed by atoms with E-state index in [1.807, 2.05) is 31.1 Å². The number of hydrogen-bond donors (Lipinski definition) is 1. The Morgan fingerprint density at radius 2 is 1.71 bits per heavy atom. The van der Waals surface area contributed by atoms with Gasteiger partial charge in [0.2, 0.25) is 0 Å². The van der Waals surface area contributed by atoms with Gasteiger partial charge >= 0.3 is 7.12 Å². The Morgan fingerprint density at radius 1 is 1.10 bits per heavy atom. The van der Waals surface area contributed by atoms with Crippen LogP contribution in [-0.2, 0) is 9.31 Å². The molecule has 0 amide bonds. The summed E-state index contributed by atoms with van der Waals surface area (Å²) in [7, 11) is 3.59. The summed E-state index contributed by atoms with van der Waals surface area (Å²) < 4.78 is 12.3. The number of hydrogen-bond acceptors (Lipinski definition) is 4. The molecule has 1 fully saturated rings. The SMILES string of the molecule is CN(C)c1n[nH]c2c(B3OC(C)(C)C(C)(C)O3)cccc12. The van der Waals surface area contributed by atoms with E-state index in [1.54, 1.807) is 0 Å². The van der Waals surface area contributed by atoms with Gasteiger partial charge in [-0.15, -0.1) is 0 Å². The van der Waals surface area contributed by atoms with Gasteiger partial charge in [-0.3, -0.25) is 5.10 Å². The van der Waals surface area contributed by atoms with Crippen LogP contribution in [0.1, 0.15) is 27.7 Å². The number of aromatic amines is 1. The van der Waals surface area contributed by atoms with Gasteiger partial charge in [0, 0.05) is 24.9 Å². The van der Waals surface area contributed by atoms with E-state index >= 15 is 0 Å². The molecule has 0 aliphatic carbocycles. The van der Waals surface area contributed by atoms with Crippen molar-refractivity contribution < 1.29 is 9.31 Å². The van der Waals surface area contributed by atoms with Gasteiger partial charge in [0.25, 0.3) is 0 Å². The molecule has 21 heavy (non-hydrogen) atoms. The first-order valence-electron chi connectivity index (χ1n) is 7.23. The highest BCUT2D eigenvalue weighted by Crippen LogP contribution is 2.37. The molecule has 2 heterocycles. The molecule has 0 spiro atoms. The van der Waals surface area contributed by atoms with E-state index in [-0.39, 0.29) is 18.3 Å². The third kappa shape index (κ3) is 2.13. The van der Waals surface area contributed by atoms with Crippen LogP contribution in [0.2, 0.25) is 0 Å². The number of benzene rings is 1. The fraction of sp³-hybridized carbons (Fsp3) is 0.533. The zero-order valence-electron chi connectivity index (χ0n) is 13.5. The van der Waals surface area contributed by atoms with Gasteiger partial charge in [0.15, 0.2) is 5.82 Å². The summed E-state index contributed by atoms with van der Waals surface area (Å²) in [6.07, 6.45) is 0. The molecule has 0 unspecified atom stereocenters. The zero-order chi connectivity index (χ0) is 15.4. The molecule has 3 rings (SSSR count). The van der Waals surface area contributed by atoms with E-state index in [2.05, 4.69) is 44.0 Å². The third-order valence-corrected chi connectivity index (χ3v) is 4.54. The average Bonchev–Trinajstić information content (AvgIpc) is 2.88. The number of aromatic nitrogens is 2. The minimum absolute atomic E-state index is 0.343. The van der Waals surface area contributed by atoms with Crippen LogP contribution in [0, 0.1) is 0 Å². The van der Waals surface area contributed by atoms with Crippen LogP contribution in [0.25, 0.3) is 10.9 Å². The Bertz CT molecular complexity index is 663. The van der Waals surface area contributed by atoms with E-state index in [1.165, 1.54) is 0 Å². The standard InChI is InChI=1S/C15H22BN3O2/c1-14(2)15(3,4)21-16(20-14)11-9-7-8-10-12(11)17-18-13(10)19(5)6/h7-9H,1-6H3,(H,17,18). The number of anilines is 1. The van der Waals surface area contributed by atoms with Crippen molar-refractivity contribution in [2.75, 3.05) is 19.0 Å². The number of fused-ring (bicyclic) bond motifs is 1. The first-order valence-corrected chi connectivity index (χ1v) is 7.23. The van der Waals surface area contributed by atoms with E-state index in [0.717, 1.165) is 22.2 Å². The van der Waals surface area contributed by atoms with Crippen molar-refractivity contribution in [3.63, 3.8) is 0 Å². The molecule has 2 aromatic rings. The molecule has 112 valence electrons. The molecular weight excluding hydrogens is 265 g/mol. The fourth-order valence-corrected chi connectivity index (χ4v) is 2.56. The van der Waals surface area contributed by atoms with Gasteiger partial charge in [-0.2, -0.15) is 5.10 Å². The smallest absolute Gasteiger partial charge is 0.399 e. The van der Waals surface area contributed by atoms with Crippen LogP contribution >= 0.6 is 0 Å². The summed E-state index contributed by atoms with van der Waals surface area (Å²) in [5, 5.41) is 8.58. The van der Waals surface area contributed by atoms with Crippen LogP contribution in [0.3, 0.4) is 0 Å².